The summed E-state index contributed by atoms with van der Waals surface area (Å²) in [6.07, 6.45) is 2.21. The van der Waals surface area contributed by atoms with Crippen LogP contribution < -0.4 is 15.8 Å². The van der Waals surface area contributed by atoms with E-state index in [1.165, 1.54) is 12.1 Å². The quantitative estimate of drug-likeness (QED) is 0.782. The first kappa shape index (κ1) is 15.2. The summed E-state index contributed by atoms with van der Waals surface area (Å²) in [6, 6.07) is 3.79. The average Bonchev–Trinajstić information content (AvgIpc) is 2.41. The smallest absolute Gasteiger partial charge is 0.238 e. The van der Waals surface area contributed by atoms with Gasteiger partial charge < -0.3 is 10.6 Å². The van der Waals surface area contributed by atoms with Crippen LogP contribution in [0.1, 0.15) is 19.8 Å². The summed E-state index contributed by atoms with van der Waals surface area (Å²) in [6.45, 7) is 3.94. The molecule has 7 heteroatoms. The van der Waals surface area contributed by atoms with Gasteiger partial charge in [0.1, 0.15) is 5.82 Å². The fraction of sp³-hybridized carbons (Fsp3) is 0.538. The Morgan fingerprint density at radius 2 is 2.25 bits per heavy atom. The van der Waals surface area contributed by atoms with Gasteiger partial charge in [-0.2, -0.15) is 0 Å². The Morgan fingerprint density at radius 3 is 2.80 bits per heavy atom. The number of anilines is 1. The van der Waals surface area contributed by atoms with Gasteiger partial charge in [-0.05, 0) is 57.0 Å². The topological polar surface area (TPSA) is 84.2 Å². The van der Waals surface area contributed by atoms with Gasteiger partial charge in [0.2, 0.25) is 10.0 Å². The summed E-state index contributed by atoms with van der Waals surface area (Å²) < 4.78 is 36.2. The number of hydrogen-bond donors (Lipinski definition) is 3. The van der Waals surface area contributed by atoms with Crippen molar-refractivity contribution in [2.75, 3.05) is 18.4 Å². The SMILES string of the molecule is CC(Nc1ccc(S(N)(=O)=O)cc1F)C1CCCNC1. The van der Waals surface area contributed by atoms with Crippen molar-refractivity contribution in [3.8, 4) is 0 Å². The largest absolute Gasteiger partial charge is 0.380 e. The molecule has 0 amide bonds. The number of sulfonamides is 1. The molecule has 2 unspecified atom stereocenters. The molecule has 1 aromatic rings. The first-order valence-electron chi connectivity index (χ1n) is 6.67. The lowest BCUT2D eigenvalue weighted by Gasteiger charge is -2.29. The predicted octanol–water partition coefficient (Wildman–Crippen LogP) is 1.27. The molecule has 0 aliphatic carbocycles. The number of rotatable bonds is 4. The molecule has 4 N–H and O–H groups in total. The van der Waals surface area contributed by atoms with Crippen molar-refractivity contribution in [3.63, 3.8) is 0 Å². The van der Waals surface area contributed by atoms with Crippen LogP contribution in [0.25, 0.3) is 0 Å². The molecule has 20 heavy (non-hydrogen) atoms. The standard InChI is InChI=1S/C13H20FN3O2S/c1-9(10-3-2-6-16-8-10)17-13-5-4-11(7-12(13)14)20(15,18)19/h4-5,7,9-10,16-17H,2-3,6,8H2,1H3,(H2,15,18,19). The maximum Gasteiger partial charge on any atom is 0.238 e. The Balaban J connectivity index is 2.09. The van der Waals surface area contributed by atoms with Crippen molar-refractivity contribution >= 4 is 15.7 Å². The summed E-state index contributed by atoms with van der Waals surface area (Å²) in [5.41, 5.74) is 0.301. The molecule has 0 aromatic heterocycles. The molecule has 0 bridgehead atoms. The van der Waals surface area contributed by atoms with E-state index in [1.807, 2.05) is 6.92 Å². The lowest BCUT2D eigenvalue weighted by Crippen LogP contribution is -2.38. The van der Waals surface area contributed by atoms with E-state index in [0.717, 1.165) is 32.0 Å². The van der Waals surface area contributed by atoms with E-state index in [1.54, 1.807) is 0 Å². The molecule has 1 heterocycles. The summed E-state index contributed by atoms with van der Waals surface area (Å²) in [5, 5.41) is 11.4. The highest BCUT2D eigenvalue weighted by molar-refractivity contribution is 7.89. The zero-order valence-corrected chi connectivity index (χ0v) is 12.2. The number of halogens is 1. The van der Waals surface area contributed by atoms with E-state index in [0.29, 0.717) is 11.6 Å². The molecule has 0 spiro atoms. The molecular weight excluding hydrogens is 281 g/mol. The maximum atomic E-state index is 13.9. The maximum absolute atomic E-state index is 13.9. The number of benzene rings is 1. The summed E-state index contributed by atoms with van der Waals surface area (Å²) in [4.78, 5) is -0.215. The molecule has 1 fully saturated rings. The minimum atomic E-state index is -3.87. The van der Waals surface area contributed by atoms with Gasteiger partial charge in [-0.1, -0.05) is 0 Å². The second-order valence-electron chi connectivity index (χ2n) is 5.23. The highest BCUT2D eigenvalue weighted by Crippen LogP contribution is 2.22. The van der Waals surface area contributed by atoms with Crippen LogP contribution in [0.5, 0.6) is 0 Å². The minimum absolute atomic E-state index is 0.109. The molecular formula is C13H20FN3O2S. The van der Waals surface area contributed by atoms with Crippen molar-refractivity contribution in [3.05, 3.63) is 24.0 Å². The zero-order valence-electron chi connectivity index (χ0n) is 11.4. The summed E-state index contributed by atoms with van der Waals surface area (Å²) >= 11 is 0. The number of piperidine rings is 1. The Labute approximate surface area is 118 Å². The van der Waals surface area contributed by atoms with Crippen molar-refractivity contribution in [1.82, 2.24) is 5.32 Å². The first-order chi connectivity index (χ1) is 9.38. The molecule has 1 aliphatic rings. The zero-order chi connectivity index (χ0) is 14.8. The van der Waals surface area contributed by atoms with Crippen LogP contribution in [0, 0.1) is 11.7 Å². The number of nitrogens with two attached hydrogens (primary N) is 1. The normalized spacial score (nSPS) is 21.4. The van der Waals surface area contributed by atoms with Crippen LogP contribution in [0.2, 0.25) is 0 Å². The minimum Gasteiger partial charge on any atom is -0.380 e. The number of hydrogen-bond acceptors (Lipinski definition) is 4. The summed E-state index contributed by atoms with van der Waals surface area (Å²) in [5.74, 6) is -0.173. The van der Waals surface area contributed by atoms with Crippen LogP contribution in [0.4, 0.5) is 10.1 Å². The van der Waals surface area contributed by atoms with Gasteiger partial charge >= 0.3 is 0 Å². The van der Waals surface area contributed by atoms with Gasteiger partial charge in [0.25, 0.3) is 0 Å². The van der Waals surface area contributed by atoms with E-state index >= 15 is 0 Å². The van der Waals surface area contributed by atoms with Crippen molar-refractivity contribution < 1.29 is 12.8 Å². The first-order valence-corrected chi connectivity index (χ1v) is 8.22. The molecule has 5 nitrogen and oxygen atoms in total. The highest BCUT2D eigenvalue weighted by Gasteiger charge is 2.21. The fourth-order valence-corrected chi connectivity index (χ4v) is 2.98. The third kappa shape index (κ3) is 3.68. The van der Waals surface area contributed by atoms with Gasteiger partial charge in [-0.3, -0.25) is 0 Å². The Hall–Kier alpha value is -1.18. The van der Waals surface area contributed by atoms with Crippen LogP contribution in [-0.4, -0.2) is 27.5 Å². The van der Waals surface area contributed by atoms with Gasteiger partial charge in [0.15, 0.2) is 0 Å². The predicted molar refractivity (Wildman–Crippen MR) is 76.5 cm³/mol. The van der Waals surface area contributed by atoms with E-state index in [4.69, 9.17) is 5.14 Å². The summed E-state index contributed by atoms with van der Waals surface area (Å²) in [7, 11) is -3.87. The number of nitrogens with one attached hydrogen (secondary N) is 2. The molecule has 0 saturated carbocycles. The molecule has 1 aliphatic heterocycles. The molecule has 2 atom stereocenters. The van der Waals surface area contributed by atoms with Gasteiger partial charge in [0, 0.05) is 6.04 Å². The van der Waals surface area contributed by atoms with Crippen LogP contribution in [0.3, 0.4) is 0 Å². The molecule has 1 saturated heterocycles. The van der Waals surface area contributed by atoms with Crippen LogP contribution in [0.15, 0.2) is 23.1 Å². The van der Waals surface area contributed by atoms with E-state index in [2.05, 4.69) is 10.6 Å². The second kappa shape index (κ2) is 6.07. The van der Waals surface area contributed by atoms with Crippen molar-refractivity contribution in [2.24, 2.45) is 11.1 Å². The fourth-order valence-electron chi connectivity index (χ4n) is 2.46. The lowest BCUT2D eigenvalue weighted by molar-refractivity contribution is 0.346. The molecule has 0 radical (unpaired) electrons. The van der Waals surface area contributed by atoms with Gasteiger partial charge in [-0.15, -0.1) is 0 Å². The highest BCUT2D eigenvalue weighted by atomic mass is 32.2. The Morgan fingerprint density at radius 1 is 1.50 bits per heavy atom. The van der Waals surface area contributed by atoms with E-state index in [9.17, 15) is 12.8 Å². The number of primary sulfonamides is 1. The molecule has 1 aromatic carbocycles. The van der Waals surface area contributed by atoms with Crippen LogP contribution >= 0.6 is 0 Å². The van der Waals surface area contributed by atoms with Crippen molar-refractivity contribution in [2.45, 2.75) is 30.7 Å². The van der Waals surface area contributed by atoms with E-state index in [-0.39, 0.29) is 10.9 Å². The lowest BCUT2D eigenvalue weighted by atomic mass is 9.92. The third-order valence-corrected chi connectivity index (χ3v) is 4.61. The van der Waals surface area contributed by atoms with Crippen molar-refractivity contribution in [1.29, 1.82) is 0 Å². The third-order valence-electron chi connectivity index (χ3n) is 3.69. The molecule has 2 rings (SSSR count). The van der Waals surface area contributed by atoms with Crippen LogP contribution in [-0.2, 0) is 10.0 Å². The average molecular weight is 301 g/mol. The van der Waals surface area contributed by atoms with Gasteiger partial charge in [-0.25, -0.2) is 17.9 Å². The van der Waals surface area contributed by atoms with Gasteiger partial charge in [0.05, 0.1) is 10.6 Å². The Kier molecular flexibility index (Phi) is 4.62. The van der Waals surface area contributed by atoms with E-state index < -0.39 is 15.8 Å². The second-order valence-corrected chi connectivity index (χ2v) is 6.79. The Bertz CT molecular complexity index is 571. The molecule has 112 valence electrons. The monoisotopic (exact) mass is 301 g/mol.